The van der Waals surface area contributed by atoms with Crippen LogP contribution in [0.25, 0.3) is 0 Å². The number of guanidine groups is 1. The number of para-hydroxylation sites is 1. The van der Waals surface area contributed by atoms with Gasteiger partial charge >= 0.3 is 6.61 Å². The molecule has 0 aliphatic rings. The molecule has 0 fully saturated rings. The van der Waals surface area contributed by atoms with E-state index < -0.39 is 6.61 Å². The van der Waals surface area contributed by atoms with Crippen LogP contribution in [0.15, 0.2) is 23.2 Å². The average molecular weight is 359 g/mol. The predicted octanol–water partition coefficient (Wildman–Crippen LogP) is 2.78. The summed E-state index contributed by atoms with van der Waals surface area (Å²) in [5.41, 5.74) is 0.522. The molecule has 0 atom stereocenters. The van der Waals surface area contributed by atoms with Crippen LogP contribution in [0.1, 0.15) is 26.3 Å². The van der Waals surface area contributed by atoms with Crippen LogP contribution < -0.4 is 20.1 Å². The third-order valence-corrected chi connectivity index (χ3v) is 3.06. The van der Waals surface area contributed by atoms with Crippen molar-refractivity contribution in [3.05, 3.63) is 23.8 Å². The lowest BCUT2D eigenvalue weighted by molar-refractivity contribution is -0.0520. The summed E-state index contributed by atoms with van der Waals surface area (Å²) in [6, 6.07) is 5.01. The van der Waals surface area contributed by atoms with Crippen LogP contribution in [0.2, 0.25) is 0 Å². The maximum Gasteiger partial charge on any atom is 0.387 e. The van der Waals surface area contributed by atoms with Crippen molar-refractivity contribution in [2.45, 2.75) is 33.9 Å². The van der Waals surface area contributed by atoms with Crippen LogP contribution >= 0.6 is 0 Å². The van der Waals surface area contributed by atoms with E-state index in [1.807, 2.05) is 13.8 Å². The van der Waals surface area contributed by atoms with Gasteiger partial charge in [0.2, 0.25) is 0 Å². The molecule has 142 valence electrons. The number of aliphatic imine (C=N–C) groups is 1. The highest BCUT2D eigenvalue weighted by Crippen LogP contribution is 2.33. The first-order valence-corrected chi connectivity index (χ1v) is 8.41. The summed E-state index contributed by atoms with van der Waals surface area (Å²) in [5.74, 6) is 0.880. The highest BCUT2D eigenvalue weighted by atomic mass is 19.3. The lowest BCUT2D eigenvalue weighted by atomic mass is 10.2. The maximum atomic E-state index is 12.7. The second-order valence-electron chi connectivity index (χ2n) is 4.87. The molecule has 1 rings (SSSR count). The Bertz CT molecular complexity index is 528. The topological polar surface area (TPSA) is 64.1 Å². The summed E-state index contributed by atoms with van der Waals surface area (Å²) < 4.78 is 40.7. The fourth-order valence-corrected chi connectivity index (χ4v) is 2.07. The molecule has 0 heterocycles. The molecule has 25 heavy (non-hydrogen) atoms. The van der Waals surface area contributed by atoms with Gasteiger partial charge in [-0.1, -0.05) is 12.1 Å². The van der Waals surface area contributed by atoms with E-state index in [1.54, 1.807) is 25.1 Å². The van der Waals surface area contributed by atoms with Crippen molar-refractivity contribution in [3.8, 4) is 11.5 Å². The zero-order valence-corrected chi connectivity index (χ0v) is 15.0. The Labute approximate surface area is 147 Å². The number of nitrogens with one attached hydrogen (secondary N) is 2. The van der Waals surface area contributed by atoms with Crippen LogP contribution in [-0.2, 0) is 11.3 Å². The van der Waals surface area contributed by atoms with E-state index in [4.69, 9.17) is 9.47 Å². The average Bonchev–Trinajstić information content (AvgIpc) is 2.58. The minimum atomic E-state index is -2.93. The van der Waals surface area contributed by atoms with Gasteiger partial charge in [0.1, 0.15) is 0 Å². The monoisotopic (exact) mass is 359 g/mol. The number of rotatable bonds is 11. The quantitative estimate of drug-likeness (QED) is 0.361. The van der Waals surface area contributed by atoms with Crippen molar-refractivity contribution < 1.29 is 23.0 Å². The van der Waals surface area contributed by atoms with Crippen LogP contribution in [0.4, 0.5) is 8.78 Å². The van der Waals surface area contributed by atoms with Crippen molar-refractivity contribution in [1.29, 1.82) is 0 Å². The third kappa shape index (κ3) is 8.02. The normalized spacial score (nSPS) is 11.5. The number of benzene rings is 1. The van der Waals surface area contributed by atoms with E-state index in [0.29, 0.717) is 44.4 Å². The number of halogens is 2. The number of alkyl halides is 2. The first-order valence-electron chi connectivity index (χ1n) is 8.41. The summed E-state index contributed by atoms with van der Waals surface area (Å²) in [4.78, 5) is 4.41. The lowest BCUT2D eigenvalue weighted by Crippen LogP contribution is -2.39. The molecule has 1 aromatic carbocycles. The highest BCUT2D eigenvalue weighted by Gasteiger charge is 2.15. The Kier molecular flexibility index (Phi) is 10.3. The lowest BCUT2D eigenvalue weighted by Gasteiger charge is -2.15. The molecule has 8 heteroatoms. The Hall–Kier alpha value is -2.09. The van der Waals surface area contributed by atoms with Crippen LogP contribution in [-0.4, -0.2) is 45.5 Å². The van der Waals surface area contributed by atoms with Gasteiger partial charge in [-0.3, -0.25) is 0 Å². The molecule has 0 aliphatic heterocycles. The number of ether oxygens (including phenoxy) is 3. The summed E-state index contributed by atoms with van der Waals surface area (Å²) in [6.45, 7) is 5.73. The van der Waals surface area contributed by atoms with E-state index in [2.05, 4.69) is 20.4 Å². The number of nitrogens with zero attached hydrogens (tertiary/aromatic N) is 1. The molecule has 2 N–H and O–H groups in total. The molecule has 0 spiro atoms. The van der Waals surface area contributed by atoms with Crippen molar-refractivity contribution in [2.24, 2.45) is 4.99 Å². The van der Waals surface area contributed by atoms with Gasteiger partial charge in [0.15, 0.2) is 17.5 Å². The van der Waals surface area contributed by atoms with Crippen LogP contribution in [0, 0.1) is 0 Å². The van der Waals surface area contributed by atoms with E-state index >= 15 is 0 Å². The molecule has 0 unspecified atom stereocenters. The van der Waals surface area contributed by atoms with E-state index in [9.17, 15) is 8.78 Å². The first-order chi connectivity index (χ1) is 12.1. The molecule has 6 nitrogen and oxygen atoms in total. The summed E-state index contributed by atoms with van der Waals surface area (Å²) in [6.07, 6.45) is 0. The molecule has 0 radical (unpaired) electrons. The van der Waals surface area contributed by atoms with Crippen LogP contribution in [0.5, 0.6) is 11.5 Å². The van der Waals surface area contributed by atoms with Crippen molar-refractivity contribution in [1.82, 2.24) is 10.6 Å². The van der Waals surface area contributed by atoms with Gasteiger partial charge in [-0.05, 0) is 26.8 Å². The molecule has 0 saturated heterocycles. The molecule has 0 amide bonds. The predicted molar refractivity (Wildman–Crippen MR) is 93.6 cm³/mol. The molecular formula is C17H27F2N3O3. The fraction of sp³-hybridized carbons (Fsp3) is 0.588. The Balaban J connectivity index is 2.87. The van der Waals surface area contributed by atoms with Gasteiger partial charge < -0.3 is 24.8 Å². The largest absolute Gasteiger partial charge is 0.490 e. The van der Waals surface area contributed by atoms with Gasteiger partial charge in [-0.25, -0.2) is 4.99 Å². The Morgan fingerprint density at radius 1 is 1.16 bits per heavy atom. The molecular weight excluding hydrogens is 332 g/mol. The van der Waals surface area contributed by atoms with Gasteiger partial charge in [0, 0.05) is 25.3 Å². The summed E-state index contributed by atoms with van der Waals surface area (Å²) in [5, 5.41) is 6.21. The zero-order chi connectivity index (χ0) is 18.5. The molecule has 0 saturated carbocycles. The molecule has 1 aromatic rings. The van der Waals surface area contributed by atoms with Crippen molar-refractivity contribution >= 4 is 5.96 Å². The second kappa shape index (κ2) is 12.3. The van der Waals surface area contributed by atoms with Crippen LogP contribution in [0.3, 0.4) is 0 Å². The van der Waals surface area contributed by atoms with Crippen molar-refractivity contribution in [3.63, 3.8) is 0 Å². The maximum absolute atomic E-state index is 12.7. The Morgan fingerprint density at radius 3 is 2.60 bits per heavy atom. The standard InChI is InChI=1S/C17H27F2N3O3/c1-4-20-17(21-10-11-23-5-2)22-12-13-8-7-9-14(24-6-3)15(13)25-16(18)19/h7-9,16H,4-6,10-12H2,1-3H3,(H2,20,21,22). The smallest absolute Gasteiger partial charge is 0.387 e. The molecule has 0 aliphatic carbocycles. The summed E-state index contributed by atoms with van der Waals surface area (Å²) >= 11 is 0. The van der Waals surface area contributed by atoms with E-state index in [1.165, 1.54) is 0 Å². The van der Waals surface area contributed by atoms with E-state index in [0.717, 1.165) is 0 Å². The molecule has 0 bridgehead atoms. The number of hydrogen-bond acceptors (Lipinski definition) is 4. The summed E-state index contributed by atoms with van der Waals surface area (Å²) in [7, 11) is 0. The fourth-order valence-electron chi connectivity index (χ4n) is 2.07. The highest BCUT2D eigenvalue weighted by molar-refractivity contribution is 5.79. The second-order valence-corrected chi connectivity index (χ2v) is 4.87. The SMILES string of the molecule is CCNC(=NCc1cccc(OCC)c1OC(F)F)NCCOCC. The minimum Gasteiger partial charge on any atom is -0.490 e. The van der Waals surface area contributed by atoms with Crippen molar-refractivity contribution in [2.75, 3.05) is 32.9 Å². The molecule has 0 aromatic heterocycles. The minimum absolute atomic E-state index is 0.0215. The van der Waals surface area contributed by atoms with E-state index in [-0.39, 0.29) is 18.0 Å². The van der Waals surface area contributed by atoms with Gasteiger partial charge in [0.25, 0.3) is 0 Å². The zero-order valence-electron chi connectivity index (χ0n) is 15.0. The third-order valence-electron chi connectivity index (χ3n) is 3.06. The Morgan fingerprint density at radius 2 is 1.96 bits per heavy atom. The number of hydrogen-bond donors (Lipinski definition) is 2. The van der Waals surface area contributed by atoms with Gasteiger partial charge in [0.05, 0.1) is 19.8 Å². The van der Waals surface area contributed by atoms with Gasteiger partial charge in [-0.2, -0.15) is 8.78 Å². The first kappa shape index (κ1) is 21.0. The van der Waals surface area contributed by atoms with Gasteiger partial charge in [-0.15, -0.1) is 0 Å².